The monoisotopic (exact) mass is 321 g/mol. The summed E-state index contributed by atoms with van der Waals surface area (Å²) in [5.74, 6) is 1.85. The maximum Gasteiger partial charge on any atom is 0.119 e. The van der Waals surface area contributed by atoms with Gasteiger partial charge < -0.3 is 10.1 Å². The van der Waals surface area contributed by atoms with E-state index in [4.69, 9.17) is 16.3 Å². The van der Waals surface area contributed by atoms with Crippen LogP contribution < -0.4 is 10.1 Å². The van der Waals surface area contributed by atoms with Gasteiger partial charge in [-0.05, 0) is 55.4 Å². The molecule has 0 aromatic heterocycles. The van der Waals surface area contributed by atoms with Crippen LogP contribution in [0.25, 0.3) is 0 Å². The highest BCUT2D eigenvalue weighted by Crippen LogP contribution is 2.29. The van der Waals surface area contributed by atoms with Crippen molar-refractivity contribution >= 4 is 23.4 Å². The van der Waals surface area contributed by atoms with E-state index in [0.29, 0.717) is 6.04 Å². The SMILES string of the molecule is CNC(CSc1cccc(Cl)c1)c1ccc(OC)cc1C. The van der Waals surface area contributed by atoms with Crippen LogP contribution in [0.1, 0.15) is 17.2 Å². The fourth-order valence-electron chi connectivity index (χ4n) is 2.23. The Kier molecular flexibility index (Phi) is 5.97. The van der Waals surface area contributed by atoms with Gasteiger partial charge in [0.1, 0.15) is 5.75 Å². The van der Waals surface area contributed by atoms with Crippen LogP contribution in [0.4, 0.5) is 0 Å². The van der Waals surface area contributed by atoms with Gasteiger partial charge in [-0.15, -0.1) is 11.8 Å². The van der Waals surface area contributed by atoms with Gasteiger partial charge in [-0.3, -0.25) is 0 Å². The summed E-state index contributed by atoms with van der Waals surface area (Å²) < 4.78 is 5.27. The molecule has 0 fully saturated rings. The zero-order valence-electron chi connectivity index (χ0n) is 12.5. The van der Waals surface area contributed by atoms with Crippen molar-refractivity contribution in [3.63, 3.8) is 0 Å². The van der Waals surface area contributed by atoms with E-state index in [1.54, 1.807) is 18.9 Å². The second-order valence-corrected chi connectivity index (χ2v) is 6.36. The van der Waals surface area contributed by atoms with E-state index in [2.05, 4.69) is 30.4 Å². The van der Waals surface area contributed by atoms with Crippen molar-refractivity contribution in [1.29, 1.82) is 0 Å². The lowest BCUT2D eigenvalue weighted by atomic mass is 10.0. The van der Waals surface area contributed by atoms with Crippen molar-refractivity contribution in [2.75, 3.05) is 19.9 Å². The van der Waals surface area contributed by atoms with Crippen molar-refractivity contribution < 1.29 is 4.74 Å². The molecule has 0 saturated carbocycles. The number of benzene rings is 2. The van der Waals surface area contributed by atoms with Crippen LogP contribution in [-0.4, -0.2) is 19.9 Å². The average molecular weight is 322 g/mol. The molecule has 21 heavy (non-hydrogen) atoms. The molecule has 1 unspecified atom stereocenters. The number of hydrogen-bond donors (Lipinski definition) is 1. The highest BCUT2D eigenvalue weighted by atomic mass is 35.5. The van der Waals surface area contributed by atoms with Gasteiger partial charge >= 0.3 is 0 Å². The Morgan fingerprint density at radius 2 is 2.05 bits per heavy atom. The molecule has 0 aliphatic carbocycles. The molecule has 2 nitrogen and oxygen atoms in total. The van der Waals surface area contributed by atoms with Crippen molar-refractivity contribution in [2.24, 2.45) is 0 Å². The van der Waals surface area contributed by atoms with E-state index >= 15 is 0 Å². The van der Waals surface area contributed by atoms with Gasteiger partial charge in [-0.2, -0.15) is 0 Å². The first-order chi connectivity index (χ1) is 10.1. The fourth-order valence-corrected chi connectivity index (χ4v) is 3.58. The quantitative estimate of drug-likeness (QED) is 0.778. The maximum atomic E-state index is 6.03. The van der Waals surface area contributed by atoms with Crippen molar-refractivity contribution in [1.82, 2.24) is 5.32 Å². The Bertz CT molecular complexity index is 603. The Balaban J connectivity index is 2.09. The smallest absolute Gasteiger partial charge is 0.119 e. The Morgan fingerprint density at radius 3 is 2.67 bits per heavy atom. The van der Waals surface area contributed by atoms with Gasteiger partial charge in [0.2, 0.25) is 0 Å². The van der Waals surface area contributed by atoms with Gasteiger partial charge in [0, 0.05) is 21.7 Å². The van der Waals surface area contributed by atoms with Gasteiger partial charge in [0.15, 0.2) is 0 Å². The molecule has 2 aromatic carbocycles. The van der Waals surface area contributed by atoms with E-state index in [-0.39, 0.29) is 0 Å². The number of methoxy groups -OCH3 is 1. The molecule has 0 saturated heterocycles. The first-order valence-corrected chi connectivity index (χ1v) is 8.20. The topological polar surface area (TPSA) is 21.3 Å². The van der Waals surface area contributed by atoms with E-state index in [9.17, 15) is 0 Å². The average Bonchev–Trinajstić information content (AvgIpc) is 2.49. The standard InChI is InChI=1S/C17H20ClNOS/c1-12-9-14(20-3)7-8-16(12)17(19-2)11-21-15-6-4-5-13(18)10-15/h4-10,17,19H,11H2,1-3H3. The zero-order valence-corrected chi connectivity index (χ0v) is 14.1. The first kappa shape index (κ1) is 16.2. The number of ether oxygens (including phenoxy) is 1. The van der Waals surface area contributed by atoms with E-state index < -0.39 is 0 Å². The summed E-state index contributed by atoms with van der Waals surface area (Å²) in [5, 5.41) is 4.17. The molecule has 1 N–H and O–H groups in total. The Labute approximate surface area is 135 Å². The van der Waals surface area contributed by atoms with Crippen molar-refractivity contribution in [2.45, 2.75) is 17.9 Å². The second kappa shape index (κ2) is 7.74. The summed E-state index contributed by atoms with van der Waals surface area (Å²) in [6.07, 6.45) is 0. The van der Waals surface area contributed by atoms with Crippen LogP contribution >= 0.6 is 23.4 Å². The summed E-state index contributed by atoms with van der Waals surface area (Å²) in [6, 6.07) is 14.5. The van der Waals surface area contributed by atoms with Gasteiger partial charge in [0.05, 0.1) is 7.11 Å². The molecular formula is C17H20ClNOS. The van der Waals surface area contributed by atoms with E-state index in [1.807, 2.05) is 31.3 Å². The minimum atomic E-state index is 0.292. The largest absolute Gasteiger partial charge is 0.497 e. The fraction of sp³-hybridized carbons (Fsp3) is 0.294. The highest BCUT2D eigenvalue weighted by molar-refractivity contribution is 7.99. The molecule has 0 heterocycles. The first-order valence-electron chi connectivity index (χ1n) is 6.84. The van der Waals surface area contributed by atoms with Crippen LogP contribution in [-0.2, 0) is 0 Å². The van der Waals surface area contributed by atoms with E-state index in [1.165, 1.54) is 16.0 Å². The number of aryl methyl sites for hydroxylation is 1. The third-order valence-corrected chi connectivity index (χ3v) is 4.74. The normalized spacial score (nSPS) is 12.2. The summed E-state index contributed by atoms with van der Waals surface area (Å²) in [4.78, 5) is 1.19. The molecule has 0 radical (unpaired) electrons. The Hall–Kier alpha value is -1.16. The Morgan fingerprint density at radius 1 is 1.24 bits per heavy atom. The molecule has 0 bridgehead atoms. The molecule has 2 rings (SSSR count). The van der Waals surface area contributed by atoms with Crippen LogP contribution in [0, 0.1) is 6.92 Å². The number of rotatable bonds is 6. The number of nitrogens with one attached hydrogen (secondary N) is 1. The second-order valence-electron chi connectivity index (χ2n) is 4.83. The lowest BCUT2D eigenvalue weighted by Gasteiger charge is -2.19. The third kappa shape index (κ3) is 4.40. The molecule has 0 aliphatic rings. The molecular weight excluding hydrogens is 302 g/mol. The van der Waals surface area contributed by atoms with E-state index in [0.717, 1.165) is 16.5 Å². The molecule has 0 amide bonds. The minimum Gasteiger partial charge on any atom is -0.497 e. The summed E-state index contributed by atoms with van der Waals surface area (Å²) in [7, 11) is 3.69. The predicted octanol–water partition coefficient (Wildman–Crippen LogP) is 4.71. The van der Waals surface area contributed by atoms with Crippen LogP contribution in [0.3, 0.4) is 0 Å². The molecule has 1 atom stereocenters. The molecule has 0 spiro atoms. The molecule has 0 aliphatic heterocycles. The number of hydrogen-bond acceptors (Lipinski definition) is 3. The van der Waals surface area contributed by atoms with Crippen LogP contribution in [0.5, 0.6) is 5.75 Å². The van der Waals surface area contributed by atoms with Gasteiger partial charge in [-0.1, -0.05) is 23.7 Å². The lowest BCUT2D eigenvalue weighted by Crippen LogP contribution is -2.19. The number of thioether (sulfide) groups is 1. The predicted molar refractivity (Wildman–Crippen MR) is 91.7 cm³/mol. The molecule has 112 valence electrons. The lowest BCUT2D eigenvalue weighted by molar-refractivity contribution is 0.414. The van der Waals surface area contributed by atoms with Crippen molar-refractivity contribution in [3.8, 4) is 5.75 Å². The molecule has 2 aromatic rings. The van der Waals surface area contributed by atoms with Crippen molar-refractivity contribution in [3.05, 3.63) is 58.6 Å². The van der Waals surface area contributed by atoms with Crippen LogP contribution in [0.15, 0.2) is 47.4 Å². The van der Waals surface area contributed by atoms with Gasteiger partial charge in [-0.25, -0.2) is 0 Å². The van der Waals surface area contributed by atoms with Gasteiger partial charge in [0.25, 0.3) is 0 Å². The summed E-state index contributed by atoms with van der Waals surface area (Å²) in [5.41, 5.74) is 2.54. The minimum absolute atomic E-state index is 0.292. The summed E-state index contributed by atoms with van der Waals surface area (Å²) >= 11 is 7.83. The number of halogens is 1. The van der Waals surface area contributed by atoms with Crippen LogP contribution in [0.2, 0.25) is 5.02 Å². The maximum absolute atomic E-state index is 6.03. The molecule has 4 heteroatoms. The third-order valence-electron chi connectivity index (χ3n) is 3.41. The zero-order chi connectivity index (χ0) is 15.2. The summed E-state index contributed by atoms with van der Waals surface area (Å²) in [6.45, 7) is 2.12. The highest BCUT2D eigenvalue weighted by Gasteiger charge is 2.13.